The summed E-state index contributed by atoms with van der Waals surface area (Å²) in [6.07, 6.45) is 2.90. The van der Waals surface area contributed by atoms with Crippen LogP contribution in [0.1, 0.15) is 35.1 Å². The van der Waals surface area contributed by atoms with Crippen molar-refractivity contribution in [2.24, 2.45) is 0 Å². The van der Waals surface area contributed by atoms with Crippen LogP contribution in [-0.4, -0.2) is 24.5 Å². The highest BCUT2D eigenvalue weighted by Crippen LogP contribution is 2.26. The topological polar surface area (TPSA) is 54.5 Å². The third-order valence-corrected chi connectivity index (χ3v) is 6.70. The average molecular weight is 452 g/mol. The lowest BCUT2D eigenvalue weighted by Crippen LogP contribution is -2.31. The van der Waals surface area contributed by atoms with Crippen molar-refractivity contribution in [3.05, 3.63) is 101 Å². The smallest absolute Gasteiger partial charge is 0.227 e. The minimum absolute atomic E-state index is 0.00424. The molecule has 1 atom stereocenters. The maximum Gasteiger partial charge on any atom is 0.227 e. The van der Waals surface area contributed by atoms with Crippen LogP contribution in [0.5, 0.6) is 5.75 Å². The fourth-order valence-corrected chi connectivity index (χ4v) is 4.53. The van der Waals surface area contributed by atoms with Gasteiger partial charge in [0, 0.05) is 25.8 Å². The molecule has 3 aromatic carbocycles. The molecule has 0 bridgehead atoms. The van der Waals surface area contributed by atoms with Crippen LogP contribution in [0.3, 0.4) is 0 Å². The lowest BCUT2D eigenvalue weighted by atomic mass is 9.97. The molecule has 4 aromatic rings. The van der Waals surface area contributed by atoms with E-state index in [9.17, 15) is 4.79 Å². The standard InChI is InChI=1S/C29H29N3O2/c1-20(23-8-9-25-16-27(34-2)11-10-24(25)15-23)29(33)31-18-21-7-12-28(30-17-21)32-14-13-22-5-3-4-6-26(22)19-32/h3-12,15-17,20H,13-14,18-19H2,1-2H3,(H,31,33)/t20-/m0/s1. The number of methoxy groups -OCH3 is 1. The van der Waals surface area contributed by atoms with E-state index in [1.165, 1.54) is 11.1 Å². The van der Waals surface area contributed by atoms with Gasteiger partial charge in [0.15, 0.2) is 0 Å². The van der Waals surface area contributed by atoms with Crippen LogP contribution in [0.4, 0.5) is 5.82 Å². The summed E-state index contributed by atoms with van der Waals surface area (Å²) in [4.78, 5) is 19.8. The van der Waals surface area contributed by atoms with Crippen LogP contribution in [0, 0.1) is 0 Å². The number of benzene rings is 3. The molecule has 0 radical (unpaired) electrons. The number of nitrogens with zero attached hydrogens (tertiary/aromatic N) is 2. The van der Waals surface area contributed by atoms with E-state index in [-0.39, 0.29) is 11.8 Å². The van der Waals surface area contributed by atoms with Crippen molar-refractivity contribution in [3.8, 4) is 5.75 Å². The number of aromatic nitrogens is 1. The van der Waals surface area contributed by atoms with E-state index >= 15 is 0 Å². The number of amides is 1. The lowest BCUT2D eigenvalue weighted by Gasteiger charge is -2.29. The predicted octanol–water partition coefficient (Wildman–Crippen LogP) is 5.23. The quantitative estimate of drug-likeness (QED) is 0.436. The van der Waals surface area contributed by atoms with Crippen LogP contribution >= 0.6 is 0 Å². The number of pyridine rings is 1. The van der Waals surface area contributed by atoms with Crippen LogP contribution < -0.4 is 15.0 Å². The first kappa shape index (κ1) is 22.0. The number of nitrogens with one attached hydrogen (secondary N) is 1. The SMILES string of the molecule is COc1ccc2cc([C@H](C)C(=O)NCc3ccc(N4CCc5ccccc5C4)nc3)ccc2c1. The Bertz CT molecular complexity index is 1320. The zero-order chi connectivity index (χ0) is 23.5. The number of anilines is 1. The minimum atomic E-state index is -0.243. The summed E-state index contributed by atoms with van der Waals surface area (Å²) in [5.74, 6) is 1.57. The Morgan fingerprint density at radius 2 is 1.82 bits per heavy atom. The molecule has 1 amide bonds. The normalized spacial score (nSPS) is 13.9. The molecule has 5 heteroatoms. The van der Waals surface area contributed by atoms with Crippen molar-refractivity contribution < 1.29 is 9.53 Å². The first-order chi connectivity index (χ1) is 16.6. The van der Waals surface area contributed by atoms with E-state index in [0.29, 0.717) is 6.54 Å². The predicted molar refractivity (Wildman–Crippen MR) is 136 cm³/mol. The van der Waals surface area contributed by atoms with Crippen LogP contribution in [0.15, 0.2) is 79.0 Å². The summed E-state index contributed by atoms with van der Waals surface area (Å²) in [7, 11) is 1.66. The van der Waals surface area contributed by atoms with Crippen molar-refractivity contribution in [2.75, 3.05) is 18.6 Å². The second-order valence-electron chi connectivity index (χ2n) is 8.88. The van der Waals surface area contributed by atoms with Crippen molar-refractivity contribution in [1.29, 1.82) is 0 Å². The summed E-state index contributed by atoms with van der Waals surface area (Å²) in [5, 5.41) is 5.25. The molecule has 34 heavy (non-hydrogen) atoms. The maximum atomic E-state index is 12.8. The summed E-state index contributed by atoms with van der Waals surface area (Å²) >= 11 is 0. The number of carbonyl (C=O) groups is 1. The fraction of sp³-hybridized carbons (Fsp3) is 0.241. The Labute approximate surface area is 200 Å². The molecule has 1 aliphatic rings. The number of ether oxygens (including phenoxy) is 1. The third-order valence-electron chi connectivity index (χ3n) is 6.70. The minimum Gasteiger partial charge on any atom is -0.497 e. The first-order valence-corrected chi connectivity index (χ1v) is 11.7. The molecule has 172 valence electrons. The second-order valence-corrected chi connectivity index (χ2v) is 8.88. The highest BCUT2D eigenvalue weighted by Gasteiger charge is 2.18. The van der Waals surface area contributed by atoms with Crippen LogP contribution in [-0.2, 0) is 24.3 Å². The van der Waals surface area contributed by atoms with Crippen LogP contribution in [0.2, 0.25) is 0 Å². The number of fused-ring (bicyclic) bond motifs is 2. The van der Waals surface area contributed by atoms with Crippen molar-refractivity contribution in [2.45, 2.75) is 32.4 Å². The fourth-order valence-electron chi connectivity index (χ4n) is 4.53. The number of hydrogen-bond acceptors (Lipinski definition) is 4. The Morgan fingerprint density at radius 3 is 2.62 bits per heavy atom. The summed E-state index contributed by atoms with van der Waals surface area (Å²) in [6.45, 7) is 4.26. The van der Waals surface area contributed by atoms with Gasteiger partial charge in [-0.1, -0.05) is 54.6 Å². The van der Waals surface area contributed by atoms with Crippen molar-refractivity contribution in [3.63, 3.8) is 0 Å². The van der Waals surface area contributed by atoms with Gasteiger partial charge in [0.2, 0.25) is 5.91 Å². The molecule has 5 nitrogen and oxygen atoms in total. The zero-order valence-electron chi connectivity index (χ0n) is 19.6. The molecule has 0 saturated heterocycles. The molecule has 0 unspecified atom stereocenters. The monoisotopic (exact) mass is 451 g/mol. The van der Waals surface area contributed by atoms with Crippen LogP contribution in [0.25, 0.3) is 10.8 Å². The van der Waals surface area contributed by atoms with Gasteiger partial charge in [-0.15, -0.1) is 0 Å². The molecule has 2 heterocycles. The van der Waals surface area contributed by atoms with Gasteiger partial charge in [0.1, 0.15) is 11.6 Å². The van der Waals surface area contributed by atoms with E-state index in [0.717, 1.165) is 53.0 Å². The zero-order valence-corrected chi connectivity index (χ0v) is 19.6. The van der Waals surface area contributed by atoms with Crippen molar-refractivity contribution >= 4 is 22.5 Å². The maximum absolute atomic E-state index is 12.8. The van der Waals surface area contributed by atoms with Gasteiger partial charge in [0.05, 0.1) is 13.0 Å². The van der Waals surface area contributed by atoms with Gasteiger partial charge in [0.25, 0.3) is 0 Å². The highest BCUT2D eigenvalue weighted by atomic mass is 16.5. The molecule has 0 fully saturated rings. The van der Waals surface area contributed by atoms with Gasteiger partial charge in [-0.3, -0.25) is 4.79 Å². The lowest BCUT2D eigenvalue weighted by molar-refractivity contribution is -0.122. The third kappa shape index (κ3) is 4.60. The van der Waals surface area contributed by atoms with Crippen molar-refractivity contribution in [1.82, 2.24) is 10.3 Å². The van der Waals surface area contributed by atoms with E-state index < -0.39 is 0 Å². The number of rotatable bonds is 6. The summed E-state index contributed by atoms with van der Waals surface area (Å²) < 4.78 is 5.30. The summed E-state index contributed by atoms with van der Waals surface area (Å²) in [5.41, 5.74) is 4.79. The molecular formula is C29H29N3O2. The molecule has 1 N–H and O–H groups in total. The van der Waals surface area contributed by atoms with Gasteiger partial charge >= 0.3 is 0 Å². The Morgan fingerprint density at radius 1 is 1.03 bits per heavy atom. The van der Waals surface area contributed by atoms with E-state index in [4.69, 9.17) is 4.74 Å². The van der Waals surface area contributed by atoms with E-state index in [1.54, 1.807) is 7.11 Å². The molecule has 1 aromatic heterocycles. The largest absolute Gasteiger partial charge is 0.497 e. The van der Waals surface area contributed by atoms with Gasteiger partial charge in [-0.05, 0) is 64.6 Å². The second kappa shape index (κ2) is 9.56. The Balaban J connectivity index is 1.19. The average Bonchev–Trinajstić information content (AvgIpc) is 2.90. The van der Waals surface area contributed by atoms with E-state index in [2.05, 4.69) is 57.7 Å². The number of hydrogen-bond donors (Lipinski definition) is 1. The molecule has 0 spiro atoms. The van der Waals surface area contributed by atoms with Gasteiger partial charge in [-0.2, -0.15) is 0 Å². The molecule has 1 aliphatic heterocycles. The molecule has 5 rings (SSSR count). The van der Waals surface area contributed by atoms with E-state index in [1.807, 2.05) is 43.5 Å². The Kier molecular flexibility index (Phi) is 6.17. The first-order valence-electron chi connectivity index (χ1n) is 11.7. The molecule has 0 saturated carbocycles. The molecule has 0 aliphatic carbocycles. The molecular weight excluding hydrogens is 422 g/mol. The highest BCUT2D eigenvalue weighted by molar-refractivity contribution is 5.88. The van der Waals surface area contributed by atoms with Gasteiger partial charge < -0.3 is 15.0 Å². The van der Waals surface area contributed by atoms with Gasteiger partial charge in [-0.25, -0.2) is 4.98 Å². The Hall–Kier alpha value is -3.86. The number of carbonyl (C=O) groups excluding carboxylic acids is 1. The summed E-state index contributed by atoms with van der Waals surface area (Å²) in [6, 6.07) is 24.8.